The Morgan fingerprint density at radius 1 is 1.14 bits per heavy atom. The van der Waals surface area contributed by atoms with E-state index in [0.29, 0.717) is 36.7 Å². The van der Waals surface area contributed by atoms with Crippen LogP contribution in [-0.4, -0.2) is 34.1 Å². The van der Waals surface area contributed by atoms with E-state index in [1.807, 2.05) is 13.8 Å². The maximum atomic E-state index is 13.5. The minimum Gasteiger partial charge on any atom is -0.364 e. The van der Waals surface area contributed by atoms with Crippen LogP contribution < -0.4 is 5.32 Å². The van der Waals surface area contributed by atoms with Crippen LogP contribution in [-0.2, 0) is 6.54 Å². The van der Waals surface area contributed by atoms with E-state index >= 15 is 0 Å². The normalized spacial score (nSPS) is 10.3. The van der Waals surface area contributed by atoms with Crippen molar-refractivity contribution < 1.29 is 9.18 Å². The highest BCUT2D eigenvalue weighted by molar-refractivity contribution is 5.92. The number of nitrogens with zero attached hydrogens (tertiary/aromatic N) is 3. The molecule has 0 aliphatic carbocycles. The van der Waals surface area contributed by atoms with Crippen molar-refractivity contribution in [2.24, 2.45) is 0 Å². The van der Waals surface area contributed by atoms with Crippen LogP contribution in [0.25, 0.3) is 0 Å². The summed E-state index contributed by atoms with van der Waals surface area (Å²) in [4.78, 5) is 13.8. The lowest BCUT2D eigenvalue weighted by molar-refractivity contribution is 0.0766. The number of rotatable bonds is 6. The largest absolute Gasteiger partial charge is 0.364 e. The Balaban J connectivity index is 2.00. The molecule has 0 saturated carbocycles. The van der Waals surface area contributed by atoms with Crippen LogP contribution in [0.1, 0.15) is 29.9 Å². The smallest absolute Gasteiger partial charge is 0.274 e. The molecular weight excluding hydrogens is 283 g/mol. The van der Waals surface area contributed by atoms with Crippen molar-refractivity contribution in [3.63, 3.8) is 0 Å². The molecule has 1 aromatic carbocycles. The molecule has 1 amide bonds. The van der Waals surface area contributed by atoms with Gasteiger partial charge in [0.15, 0.2) is 5.69 Å². The Hall–Kier alpha value is -2.50. The number of anilines is 1. The fraction of sp³-hybridized carbons (Fsp3) is 0.312. The third-order valence-electron chi connectivity index (χ3n) is 3.35. The number of hydrogen-bond donors (Lipinski definition) is 1. The lowest BCUT2D eigenvalue weighted by atomic mass is 10.2. The van der Waals surface area contributed by atoms with Gasteiger partial charge in [0.1, 0.15) is 11.6 Å². The summed E-state index contributed by atoms with van der Waals surface area (Å²) in [5.74, 6) is 0.0915. The third-order valence-corrected chi connectivity index (χ3v) is 3.35. The number of benzene rings is 1. The number of amides is 1. The van der Waals surface area contributed by atoms with Gasteiger partial charge in [-0.2, -0.15) is 0 Å². The maximum Gasteiger partial charge on any atom is 0.274 e. The average Bonchev–Trinajstić information content (AvgIpc) is 2.55. The maximum absolute atomic E-state index is 13.5. The van der Waals surface area contributed by atoms with Crippen molar-refractivity contribution in [3.8, 4) is 0 Å². The zero-order valence-electron chi connectivity index (χ0n) is 12.7. The predicted octanol–water partition coefficient (Wildman–Crippen LogP) is 2.71. The van der Waals surface area contributed by atoms with Crippen molar-refractivity contribution in [1.82, 2.24) is 15.1 Å². The second-order valence-electron chi connectivity index (χ2n) is 4.73. The summed E-state index contributed by atoms with van der Waals surface area (Å²) < 4.78 is 13.5. The molecule has 0 aliphatic heterocycles. The van der Waals surface area contributed by atoms with Crippen LogP contribution in [0, 0.1) is 5.82 Å². The number of carbonyl (C=O) groups is 1. The summed E-state index contributed by atoms with van der Waals surface area (Å²) in [6.07, 6.45) is 0. The second kappa shape index (κ2) is 7.49. The van der Waals surface area contributed by atoms with E-state index in [-0.39, 0.29) is 11.7 Å². The molecular formula is C16H19FN4O. The Kier molecular flexibility index (Phi) is 5.41. The zero-order chi connectivity index (χ0) is 15.9. The van der Waals surface area contributed by atoms with Crippen LogP contribution in [0.2, 0.25) is 0 Å². The van der Waals surface area contributed by atoms with Crippen LogP contribution >= 0.6 is 0 Å². The van der Waals surface area contributed by atoms with Crippen LogP contribution in [0.15, 0.2) is 36.4 Å². The molecule has 22 heavy (non-hydrogen) atoms. The van der Waals surface area contributed by atoms with Gasteiger partial charge in [0.25, 0.3) is 5.91 Å². The van der Waals surface area contributed by atoms with Crippen molar-refractivity contribution in [2.45, 2.75) is 20.4 Å². The second-order valence-corrected chi connectivity index (χ2v) is 4.73. The Morgan fingerprint density at radius 3 is 2.45 bits per heavy atom. The van der Waals surface area contributed by atoms with E-state index in [4.69, 9.17) is 0 Å². The highest BCUT2D eigenvalue weighted by atomic mass is 19.1. The summed E-state index contributed by atoms with van der Waals surface area (Å²) in [6.45, 7) is 5.40. The molecule has 0 fully saturated rings. The molecule has 0 bridgehead atoms. The molecule has 0 radical (unpaired) electrons. The number of aromatic nitrogens is 2. The van der Waals surface area contributed by atoms with E-state index < -0.39 is 0 Å². The molecule has 2 rings (SSSR count). The summed E-state index contributed by atoms with van der Waals surface area (Å²) in [6, 6.07) is 9.83. The molecule has 6 heteroatoms. The Morgan fingerprint density at radius 2 is 1.86 bits per heavy atom. The highest BCUT2D eigenvalue weighted by Gasteiger charge is 2.14. The lowest BCUT2D eigenvalue weighted by Gasteiger charge is -2.17. The lowest BCUT2D eigenvalue weighted by Crippen LogP contribution is -2.31. The molecule has 0 aliphatic rings. The van der Waals surface area contributed by atoms with Crippen molar-refractivity contribution in [3.05, 3.63) is 53.5 Å². The van der Waals surface area contributed by atoms with E-state index in [0.717, 1.165) is 0 Å². The van der Waals surface area contributed by atoms with Crippen LogP contribution in [0.3, 0.4) is 0 Å². The SMILES string of the molecule is CCN(CC)C(=O)c1ccc(NCc2ccccc2F)nn1. The van der Waals surface area contributed by atoms with Gasteiger partial charge >= 0.3 is 0 Å². The first-order valence-electron chi connectivity index (χ1n) is 7.26. The van der Waals surface area contributed by atoms with Gasteiger partial charge in [-0.3, -0.25) is 4.79 Å². The molecule has 1 heterocycles. The summed E-state index contributed by atoms with van der Waals surface area (Å²) in [5, 5.41) is 10.9. The standard InChI is InChI=1S/C16H19FN4O/c1-3-21(4-2)16(22)14-9-10-15(20-19-14)18-11-12-7-5-6-8-13(12)17/h5-10H,3-4,11H2,1-2H3,(H,18,20). The van der Waals surface area contributed by atoms with Gasteiger partial charge in [-0.05, 0) is 32.0 Å². The van der Waals surface area contributed by atoms with Crippen molar-refractivity contribution >= 4 is 11.7 Å². The van der Waals surface area contributed by atoms with Crippen molar-refractivity contribution in [1.29, 1.82) is 0 Å². The van der Waals surface area contributed by atoms with E-state index in [1.54, 1.807) is 35.2 Å². The summed E-state index contributed by atoms with van der Waals surface area (Å²) >= 11 is 0. The Labute approximate surface area is 129 Å². The van der Waals surface area contributed by atoms with E-state index in [9.17, 15) is 9.18 Å². The zero-order valence-corrected chi connectivity index (χ0v) is 12.7. The number of nitrogens with one attached hydrogen (secondary N) is 1. The molecule has 0 unspecified atom stereocenters. The Bertz CT molecular complexity index is 626. The first-order valence-corrected chi connectivity index (χ1v) is 7.26. The molecule has 1 N–H and O–H groups in total. The molecule has 0 spiro atoms. The predicted molar refractivity (Wildman–Crippen MR) is 83.0 cm³/mol. The van der Waals surface area contributed by atoms with Gasteiger partial charge in [-0.25, -0.2) is 4.39 Å². The number of hydrogen-bond acceptors (Lipinski definition) is 4. The van der Waals surface area contributed by atoms with E-state index in [1.165, 1.54) is 6.07 Å². The molecule has 0 atom stereocenters. The van der Waals surface area contributed by atoms with Gasteiger partial charge in [0, 0.05) is 25.2 Å². The fourth-order valence-corrected chi connectivity index (χ4v) is 2.04. The number of halogens is 1. The van der Waals surface area contributed by atoms with Crippen LogP contribution in [0.5, 0.6) is 0 Å². The van der Waals surface area contributed by atoms with Gasteiger partial charge in [0.05, 0.1) is 0 Å². The average molecular weight is 302 g/mol. The minimum atomic E-state index is -0.267. The first-order chi connectivity index (χ1) is 10.7. The highest BCUT2D eigenvalue weighted by Crippen LogP contribution is 2.10. The fourth-order valence-electron chi connectivity index (χ4n) is 2.04. The number of carbonyl (C=O) groups excluding carboxylic acids is 1. The minimum absolute atomic E-state index is 0.141. The third kappa shape index (κ3) is 3.78. The van der Waals surface area contributed by atoms with E-state index in [2.05, 4.69) is 15.5 Å². The van der Waals surface area contributed by atoms with Gasteiger partial charge in [-0.1, -0.05) is 18.2 Å². The monoisotopic (exact) mass is 302 g/mol. The topological polar surface area (TPSA) is 58.1 Å². The van der Waals surface area contributed by atoms with Gasteiger partial charge < -0.3 is 10.2 Å². The molecule has 2 aromatic rings. The molecule has 0 saturated heterocycles. The molecule has 1 aromatic heterocycles. The van der Waals surface area contributed by atoms with Gasteiger partial charge in [-0.15, -0.1) is 10.2 Å². The summed E-state index contributed by atoms with van der Waals surface area (Å²) in [5.41, 5.74) is 0.854. The van der Waals surface area contributed by atoms with Gasteiger partial charge in [0.2, 0.25) is 0 Å². The van der Waals surface area contributed by atoms with Crippen LogP contribution in [0.4, 0.5) is 10.2 Å². The quantitative estimate of drug-likeness (QED) is 0.891. The summed E-state index contributed by atoms with van der Waals surface area (Å²) in [7, 11) is 0. The first kappa shape index (κ1) is 15.9. The van der Waals surface area contributed by atoms with Crippen molar-refractivity contribution in [2.75, 3.05) is 18.4 Å². The molecule has 5 nitrogen and oxygen atoms in total. The molecule has 116 valence electrons.